The fourth-order valence-corrected chi connectivity index (χ4v) is 3.09. The van der Waals surface area contributed by atoms with Crippen molar-refractivity contribution in [2.24, 2.45) is 10.9 Å². The van der Waals surface area contributed by atoms with Crippen LogP contribution in [0.25, 0.3) is 10.2 Å². The van der Waals surface area contributed by atoms with Crippen LogP contribution in [0.4, 0.5) is 5.69 Å². The number of aromatic nitrogens is 1. The number of nitro groups is 1. The van der Waals surface area contributed by atoms with Gasteiger partial charge in [0.1, 0.15) is 0 Å². The van der Waals surface area contributed by atoms with Gasteiger partial charge in [-0.1, -0.05) is 17.3 Å². The van der Waals surface area contributed by atoms with Crippen LogP contribution in [-0.2, 0) is 11.3 Å². The number of carbonyl (C=O) groups is 1. The smallest absolute Gasteiger partial charge is 0.270 e. The van der Waals surface area contributed by atoms with E-state index in [-0.39, 0.29) is 24.1 Å². The van der Waals surface area contributed by atoms with Crippen molar-refractivity contribution in [3.05, 3.63) is 33.1 Å². The molecule has 1 amide bonds. The van der Waals surface area contributed by atoms with Crippen molar-refractivity contribution in [3.8, 4) is 12.3 Å². The molecule has 1 heterocycles. The molecule has 3 rings (SSSR count). The first-order valence-electron chi connectivity index (χ1n) is 6.40. The molecule has 0 atom stereocenters. The third-order valence-corrected chi connectivity index (χ3v) is 4.30. The summed E-state index contributed by atoms with van der Waals surface area (Å²) >= 11 is 1.24. The molecule has 1 saturated carbocycles. The Bertz CT molecular complexity index is 852. The summed E-state index contributed by atoms with van der Waals surface area (Å²) in [6, 6.07) is 4.55. The standard InChI is InChI=1S/C14H11N3O3S/c1-2-7-16-11-6-5-10(17(19)20)8-12(11)21-14(16)15-13(18)9-3-4-9/h1,5-6,8-9H,3-4,7H2. The topological polar surface area (TPSA) is 77.5 Å². The summed E-state index contributed by atoms with van der Waals surface area (Å²) in [5.74, 6) is 2.42. The number of terminal acetylenes is 1. The highest BCUT2D eigenvalue weighted by atomic mass is 32.1. The first-order valence-corrected chi connectivity index (χ1v) is 7.21. The molecule has 0 N–H and O–H groups in total. The first kappa shape index (κ1) is 13.5. The zero-order valence-electron chi connectivity index (χ0n) is 11.0. The van der Waals surface area contributed by atoms with Crippen LogP contribution in [0.2, 0.25) is 0 Å². The van der Waals surface area contributed by atoms with Crippen LogP contribution in [0.15, 0.2) is 23.2 Å². The minimum Gasteiger partial charge on any atom is -0.305 e. The van der Waals surface area contributed by atoms with Crippen molar-refractivity contribution < 1.29 is 9.72 Å². The zero-order valence-corrected chi connectivity index (χ0v) is 11.8. The molecule has 7 heteroatoms. The van der Waals surface area contributed by atoms with E-state index in [1.54, 1.807) is 10.6 Å². The number of hydrogen-bond donors (Lipinski definition) is 0. The third kappa shape index (κ3) is 2.58. The molecule has 0 unspecified atom stereocenters. The normalized spacial score (nSPS) is 15.1. The number of thiazole rings is 1. The van der Waals surface area contributed by atoms with Crippen LogP contribution in [-0.4, -0.2) is 15.4 Å². The number of non-ortho nitro benzene ring substituents is 1. The van der Waals surface area contributed by atoms with Gasteiger partial charge in [-0.05, 0) is 18.9 Å². The van der Waals surface area contributed by atoms with E-state index in [2.05, 4.69) is 10.9 Å². The number of rotatable bonds is 3. The van der Waals surface area contributed by atoms with Crippen molar-refractivity contribution in [1.82, 2.24) is 4.57 Å². The van der Waals surface area contributed by atoms with E-state index in [1.165, 1.54) is 23.5 Å². The SMILES string of the molecule is C#CCn1c(=NC(=O)C2CC2)sc2cc([N+](=O)[O-])ccc21. The second kappa shape index (κ2) is 5.14. The van der Waals surface area contributed by atoms with Gasteiger partial charge in [0.05, 0.1) is 21.7 Å². The number of nitrogens with zero attached hydrogens (tertiary/aromatic N) is 3. The van der Waals surface area contributed by atoms with Gasteiger partial charge < -0.3 is 4.57 Å². The van der Waals surface area contributed by atoms with Crippen LogP contribution in [0.1, 0.15) is 12.8 Å². The molecular formula is C14H11N3O3S. The summed E-state index contributed by atoms with van der Waals surface area (Å²) < 4.78 is 2.44. The maximum Gasteiger partial charge on any atom is 0.270 e. The lowest BCUT2D eigenvalue weighted by Crippen LogP contribution is -2.16. The van der Waals surface area contributed by atoms with Gasteiger partial charge in [0.15, 0.2) is 4.80 Å². The zero-order chi connectivity index (χ0) is 15.0. The van der Waals surface area contributed by atoms with Gasteiger partial charge in [0.25, 0.3) is 11.6 Å². The monoisotopic (exact) mass is 301 g/mol. The Labute approximate surface area is 123 Å². The van der Waals surface area contributed by atoms with Gasteiger partial charge in [-0.25, -0.2) is 0 Å². The summed E-state index contributed by atoms with van der Waals surface area (Å²) in [5.41, 5.74) is 0.766. The van der Waals surface area contributed by atoms with Crippen LogP contribution in [0, 0.1) is 28.4 Å². The minimum absolute atomic E-state index is 0.0108. The number of benzene rings is 1. The van der Waals surface area contributed by atoms with E-state index < -0.39 is 4.92 Å². The van der Waals surface area contributed by atoms with Gasteiger partial charge in [0.2, 0.25) is 0 Å². The number of carbonyl (C=O) groups excluding carboxylic acids is 1. The Morgan fingerprint density at radius 1 is 1.57 bits per heavy atom. The van der Waals surface area contributed by atoms with Crippen LogP contribution in [0.3, 0.4) is 0 Å². The second-order valence-electron chi connectivity index (χ2n) is 4.81. The highest BCUT2D eigenvalue weighted by Crippen LogP contribution is 2.30. The lowest BCUT2D eigenvalue weighted by molar-refractivity contribution is -0.384. The molecule has 0 radical (unpaired) electrons. The molecule has 1 aliphatic rings. The fraction of sp³-hybridized carbons (Fsp3) is 0.286. The van der Waals surface area contributed by atoms with E-state index in [9.17, 15) is 14.9 Å². The second-order valence-corrected chi connectivity index (χ2v) is 5.82. The molecule has 1 aromatic carbocycles. The Kier molecular flexibility index (Phi) is 3.31. The average molecular weight is 301 g/mol. The highest BCUT2D eigenvalue weighted by molar-refractivity contribution is 7.16. The predicted octanol–water partition coefficient (Wildman–Crippen LogP) is 2.08. The molecular weight excluding hydrogens is 290 g/mol. The molecule has 1 aromatic heterocycles. The third-order valence-electron chi connectivity index (χ3n) is 3.26. The average Bonchev–Trinajstić information content (AvgIpc) is 3.24. The van der Waals surface area contributed by atoms with Crippen molar-refractivity contribution in [1.29, 1.82) is 0 Å². The fourth-order valence-electron chi connectivity index (χ4n) is 2.02. The molecule has 1 fully saturated rings. The molecule has 0 spiro atoms. The van der Waals surface area contributed by atoms with Crippen molar-refractivity contribution in [2.75, 3.05) is 0 Å². The molecule has 0 bridgehead atoms. The number of amides is 1. The maximum absolute atomic E-state index is 11.8. The minimum atomic E-state index is -0.448. The van der Waals surface area contributed by atoms with Crippen molar-refractivity contribution in [3.63, 3.8) is 0 Å². The lowest BCUT2D eigenvalue weighted by atomic mass is 10.3. The summed E-state index contributed by atoms with van der Waals surface area (Å²) in [4.78, 5) is 26.9. The van der Waals surface area contributed by atoms with Gasteiger partial charge in [-0.3, -0.25) is 14.9 Å². The lowest BCUT2D eigenvalue weighted by Gasteiger charge is -1.99. The molecule has 0 aliphatic heterocycles. The highest BCUT2D eigenvalue weighted by Gasteiger charge is 2.29. The van der Waals surface area contributed by atoms with E-state index in [0.29, 0.717) is 9.50 Å². The summed E-state index contributed by atoms with van der Waals surface area (Å²) in [5, 5.41) is 10.8. The summed E-state index contributed by atoms with van der Waals surface area (Å²) in [7, 11) is 0. The molecule has 2 aromatic rings. The first-order chi connectivity index (χ1) is 10.1. The van der Waals surface area contributed by atoms with Crippen LogP contribution in [0.5, 0.6) is 0 Å². The Morgan fingerprint density at radius 2 is 2.33 bits per heavy atom. The number of hydrogen-bond acceptors (Lipinski definition) is 4. The van der Waals surface area contributed by atoms with E-state index in [1.807, 2.05) is 0 Å². The Balaban J connectivity index is 2.18. The summed E-state index contributed by atoms with van der Waals surface area (Å²) in [6.07, 6.45) is 7.13. The summed E-state index contributed by atoms with van der Waals surface area (Å²) in [6.45, 7) is 0.272. The van der Waals surface area contributed by atoms with Gasteiger partial charge in [-0.15, -0.1) is 6.42 Å². The Morgan fingerprint density at radius 3 is 2.95 bits per heavy atom. The Hall–Kier alpha value is -2.46. The quantitative estimate of drug-likeness (QED) is 0.494. The molecule has 21 heavy (non-hydrogen) atoms. The molecule has 6 nitrogen and oxygen atoms in total. The molecule has 1 aliphatic carbocycles. The van der Waals surface area contributed by atoms with Crippen LogP contribution >= 0.6 is 11.3 Å². The van der Waals surface area contributed by atoms with Gasteiger partial charge in [0, 0.05) is 18.1 Å². The van der Waals surface area contributed by atoms with Crippen LogP contribution < -0.4 is 4.80 Å². The molecule has 106 valence electrons. The molecule has 0 saturated heterocycles. The van der Waals surface area contributed by atoms with E-state index in [4.69, 9.17) is 6.42 Å². The van der Waals surface area contributed by atoms with Crippen molar-refractivity contribution in [2.45, 2.75) is 19.4 Å². The number of nitro benzene ring substituents is 1. The predicted molar refractivity (Wildman–Crippen MR) is 78.6 cm³/mol. The number of fused-ring (bicyclic) bond motifs is 1. The van der Waals surface area contributed by atoms with Gasteiger partial charge >= 0.3 is 0 Å². The van der Waals surface area contributed by atoms with Gasteiger partial charge in [-0.2, -0.15) is 4.99 Å². The largest absolute Gasteiger partial charge is 0.305 e. The van der Waals surface area contributed by atoms with Crippen molar-refractivity contribution >= 4 is 33.1 Å². The maximum atomic E-state index is 11.8. The van der Waals surface area contributed by atoms with E-state index in [0.717, 1.165) is 18.4 Å². The van der Waals surface area contributed by atoms with E-state index >= 15 is 0 Å².